The lowest BCUT2D eigenvalue weighted by molar-refractivity contribution is 1.02. The molecule has 0 saturated carbocycles. The van der Waals surface area contributed by atoms with Crippen LogP contribution < -0.4 is 5.56 Å². The monoisotopic (exact) mass is 206 g/mol. The Morgan fingerprint density at radius 1 is 1.36 bits per heavy atom. The average molecular weight is 206 g/mol. The Hall–Kier alpha value is -1.42. The zero-order valence-corrected chi connectivity index (χ0v) is 8.81. The van der Waals surface area contributed by atoms with E-state index in [2.05, 4.69) is 9.97 Å². The van der Waals surface area contributed by atoms with Crippen LogP contribution in [-0.2, 0) is 0 Å². The van der Waals surface area contributed by atoms with Gasteiger partial charge in [0.05, 0.1) is 5.56 Å². The maximum absolute atomic E-state index is 11.6. The highest BCUT2D eigenvalue weighted by atomic mass is 32.1. The summed E-state index contributed by atoms with van der Waals surface area (Å²) in [6.07, 6.45) is 1.62. The molecule has 0 aliphatic heterocycles. The summed E-state index contributed by atoms with van der Waals surface area (Å²) >= 11 is 1.60. The smallest absolute Gasteiger partial charge is 0.259 e. The number of aromatic nitrogens is 2. The first-order valence-electron chi connectivity index (χ1n) is 4.29. The normalized spacial score (nSPS) is 10.4. The molecule has 4 heteroatoms. The Labute approximate surface area is 85.5 Å². The van der Waals surface area contributed by atoms with Crippen LogP contribution in [0.25, 0.3) is 10.4 Å². The van der Waals surface area contributed by atoms with Crippen LogP contribution in [-0.4, -0.2) is 9.97 Å². The largest absolute Gasteiger partial charge is 0.310 e. The van der Waals surface area contributed by atoms with Gasteiger partial charge in [-0.15, -0.1) is 11.3 Å². The summed E-state index contributed by atoms with van der Waals surface area (Å²) in [6.45, 7) is 3.79. The fourth-order valence-corrected chi connectivity index (χ4v) is 2.11. The number of aromatic amines is 1. The van der Waals surface area contributed by atoms with Crippen molar-refractivity contribution >= 4 is 11.3 Å². The molecule has 0 atom stereocenters. The van der Waals surface area contributed by atoms with Crippen molar-refractivity contribution in [3.8, 4) is 10.4 Å². The molecule has 14 heavy (non-hydrogen) atoms. The summed E-state index contributed by atoms with van der Waals surface area (Å²) in [5.74, 6) is 0.645. The van der Waals surface area contributed by atoms with E-state index in [4.69, 9.17) is 0 Å². The Morgan fingerprint density at radius 2 is 2.14 bits per heavy atom. The minimum Gasteiger partial charge on any atom is -0.310 e. The highest BCUT2D eigenvalue weighted by Crippen LogP contribution is 2.24. The van der Waals surface area contributed by atoms with Gasteiger partial charge in [-0.2, -0.15) is 0 Å². The summed E-state index contributed by atoms with van der Waals surface area (Å²) in [6, 6.07) is 3.95. The SMILES string of the molecule is Cc1ncc(-c2ccc(C)s2)c(=O)[nH]1. The molecule has 0 saturated heterocycles. The molecule has 0 aliphatic rings. The average Bonchev–Trinajstić information content (AvgIpc) is 2.51. The van der Waals surface area contributed by atoms with Crippen molar-refractivity contribution in [2.75, 3.05) is 0 Å². The molecular formula is C10H10N2OS. The number of thiophene rings is 1. The minimum absolute atomic E-state index is 0.0700. The standard InChI is InChI=1S/C10H10N2OS/c1-6-3-4-9(14-6)8-5-11-7(2)12-10(8)13/h3-5H,1-2H3,(H,11,12,13). The van der Waals surface area contributed by atoms with E-state index in [1.54, 1.807) is 24.5 Å². The van der Waals surface area contributed by atoms with Crippen LogP contribution in [0, 0.1) is 13.8 Å². The van der Waals surface area contributed by atoms with Crippen LogP contribution >= 0.6 is 11.3 Å². The fraction of sp³-hybridized carbons (Fsp3) is 0.200. The van der Waals surface area contributed by atoms with E-state index in [1.165, 1.54) is 4.88 Å². The number of hydrogen-bond acceptors (Lipinski definition) is 3. The number of rotatable bonds is 1. The Kier molecular flexibility index (Phi) is 2.21. The van der Waals surface area contributed by atoms with E-state index in [0.717, 1.165) is 4.88 Å². The molecule has 2 rings (SSSR count). The fourth-order valence-electron chi connectivity index (χ4n) is 1.24. The molecule has 2 aromatic rings. The first kappa shape index (κ1) is 9.15. The van der Waals surface area contributed by atoms with Gasteiger partial charge in [0.2, 0.25) is 0 Å². The summed E-state index contributed by atoms with van der Waals surface area (Å²) in [5.41, 5.74) is 0.577. The lowest BCUT2D eigenvalue weighted by atomic mass is 10.3. The second-order valence-electron chi connectivity index (χ2n) is 3.12. The summed E-state index contributed by atoms with van der Waals surface area (Å²) < 4.78 is 0. The quantitative estimate of drug-likeness (QED) is 0.776. The highest BCUT2D eigenvalue weighted by molar-refractivity contribution is 7.15. The second kappa shape index (κ2) is 3.38. The van der Waals surface area contributed by atoms with Gasteiger partial charge in [0.15, 0.2) is 0 Å². The highest BCUT2D eigenvalue weighted by Gasteiger charge is 2.05. The maximum Gasteiger partial charge on any atom is 0.259 e. The van der Waals surface area contributed by atoms with Gasteiger partial charge < -0.3 is 4.98 Å². The maximum atomic E-state index is 11.6. The molecule has 0 amide bonds. The van der Waals surface area contributed by atoms with E-state index in [0.29, 0.717) is 11.4 Å². The van der Waals surface area contributed by atoms with E-state index in [1.807, 2.05) is 19.1 Å². The zero-order chi connectivity index (χ0) is 10.1. The first-order chi connectivity index (χ1) is 6.66. The predicted molar refractivity (Wildman–Crippen MR) is 57.6 cm³/mol. The third-order valence-corrected chi connectivity index (χ3v) is 2.97. The molecule has 0 aromatic carbocycles. The third-order valence-electron chi connectivity index (χ3n) is 1.93. The Bertz CT molecular complexity index is 513. The van der Waals surface area contributed by atoms with Crippen molar-refractivity contribution < 1.29 is 0 Å². The molecule has 0 radical (unpaired) electrons. The Balaban J connectivity index is 2.57. The van der Waals surface area contributed by atoms with Gasteiger partial charge in [0.1, 0.15) is 5.82 Å². The third kappa shape index (κ3) is 1.61. The van der Waals surface area contributed by atoms with Crippen molar-refractivity contribution in [2.45, 2.75) is 13.8 Å². The van der Waals surface area contributed by atoms with Crippen LogP contribution in [0.5, 0.6) is 0 Å². The van der Waals surface area contributed by atoms with Gasteiger partial charge in [0.25, 0.3) is 5.56 Å². The predicted octanol–water partition coefficient (Wildman–Crippen LogP) is 2.12. The van der Waals surface area contributed by atoms with Crippen molar-refractivity contribution in [1.82, 2.24) is 9.97 Å². The number of H-pyrrole nitrogens is 1. The van der Waals surface area contributed by atoms with E-state index in [-0.39, 0.29) is 5.56 Å². The summed E-state index contributed by atoms with van der Waals surface area (Å²) in [4.78, 5) is 20.5. The molecule has 2 heterocycles. The molecule has 2 aromatic heterocycles. The minimum atomic E-state index is -0.0700. The van der Waals surface area contributed by atoms with Crippen molar-refractivity contribution in [3.63, 3.8) is 0 Å². The van der Waals surface area contributed by atoms with Gasteiger partial charge >= 0.3 is 0 Å². The van der Waals surface area contributed by atoms with Crippen LogP contribution in [0.1, 0.15) is 10.7 Å². The molecule has 0 bridgehead atoms. The molecule has 3 nitrogen and oxygen atoms in total. The molecular weight excluding hydrogens is 196 g/mol. The molecule has 0 spiro atoms. The zero-order valence-electron chi connectivity index (χ0n) is 8.00. The van der Waals surface area contributed by atoms with Gasteiger partial charge in [-0.05, 0) is 26.0 Å². The van der Waals surface area contributed by atoms with E-state index < -0.39 is 0 Å². The van der Waals surface area contributed by atoms with E-state index in [9.17, 15) is 4.79 Å². The van der Waals surface area contributed by atoms with Gasteiger partial charge in [-0.3, -0.25) is 4.79 Å². The lowest BCUT2D eigenvalue weighted by Crippen LogP contribution is -2.10. The molecule has 1 N–H and O–H groups in total. The van der Waals surface area contributed by atoms with E-state index >= 15 is 0 Å². The Morgan fingerprint density at radius 3 is 2.71 bits per heavy atom. The molecule has 0 aliphatic carbocycles. The van der Waals surface area contributed by atoms with Crippen LogP contribution in [0.2, 0.25) is 0 Å². The lowest BCUT2D eigenvalue weighted by Gasteiger charge is -1.96. The molecule has 0 fully saturated rings. The number of nitrogens with one attached hydrogen (secondary N) is 1. The summed E-state index contributed by atoms with van der Waals surface area (Å²) in [7, 11) is 0. The van der Waals surface area contributed by atoms with Crippen molar-refractivity contribution in [3.05, 3.63) is 39.4 Å². The second-order valence-corrected chi connectivity index (χ2v) is 4.41. The van der Waals surface area contributed by atoms with Crippen molar-refractivity contribution in [1.29, 1.82) is 0 Å². The number of nitrogens with zero attached hydrogens (tertiary/aromatic N) is 1. The van der Waals surface area contributed by atoms with Gasteiger partial charge in [0, 0.05) is 16.0 Å². The van der Waals surface area contributed by atoms with Gasteiger partial charge in [-0.25, -0.2) is 4.98 Å². The number of hydrogen-bond donors (Lipinski definition) is 1. The van der Waals surface area contributed by atoms with Crippen molar-refractivity contribution in [2.24, 2.45) is 0 Å². The van der Waals surface area contributed by atoms with Crippen LogP contribution in [0.4, 0.5) is 0 Å². The first-order valence-corrected chi connectivity index (χ1v) is 5.11. The van der Waals surface area contributed by atoms with Gasteiger partial charge in [-0.1, -0.05) is 0 Å². The van der Waals surface area contributed by atoms with Crippen LogP contribution in [0.15, 0.2) is 23.1 Å². The molecule has 0 unspecified atom stereocenters. The number of aryl methyl sites for hydroxylation is 2. The summed E-state index contributed by atoms with van der Waals surface area (Å²) in [5, 5.41) is 0. The topological polar surface area (TPSA) is 45.8 Å². The van der Waals surface area contributed by atoms with Crippen LogP contribution in [0.3, 0.4) is 0 Å². The molecule has 72 valence electrons.